The first-order valence-corrected chi connectivity index (χ1v) is 26.8. The average molecular weight is 954 g/mol. The van der Waals surface area contributed by atoms with E-state index in [9.17, 15) is 43.5 Å². The maximum absolute atomic E-state index is 12.8. The van der Waals surface area contributed by atoms with Crippen molar-refractivity contribution in [1.29, 1.82) is 0 Å². The zero-order valence-corrected chi connectivity index (χ0v) is 40.7. The normalized spacial score (nSPS) is 20.5. The van der Waals surface area contributed by atoms with Gasteiger partial charge in [-0.25, -0.2) is 13.9 Å². The van der Waals surface area contributed by atoms with Gasteiger partial charge in [0.05, 0.1) is 13.2 Å². The number of phosphoric ester groups is 2. The molecule has 1 aromatic rings. The Morgan fingerprint density at radius 3 is 1.78 bits per heavy atom. The maximum atomic E-state index is 12.8. The number of carbonyl (C=O) groups is 2. The third kappa shape index (κ3) is 26.2. The van der Waals surface area contributed by atoms with Crippen LogP contribution in [0.3, 0.4) is 0 Å². The first-order valence-electron chi connectivity index (χ1n) is 23.8. The molecule has 0 amide bonds. The van der Waals surface area contributed by atoms with Crippen molar-refractivity contribution in [2.24, 2.45) is 11.8 Å². The van der Waals surface area contributed by atoms with E-state index in [2.05, 4.69) is 37.0 Å². The van der Waals surface area contributed by atoms with Crippen molar-refractivity contribution in [2.45, 2.75) is 212 Å². The van der Waals surface area contributed by atoms with Gasteiger partial charge in [0.2, 0.25) is 0 Å². The number of hydrogen-bond acceptors (Lipinski definition) is 15. The lowest BCUT2D eigenvalue weighted by atomic mass is 9.99. The number of hydrogen-bond donors (Lipinski definition) is 5. The van der Waals surface area contributed by atoms with Gasteiger partial charge in [-0.1, -0.05) is 156 Å². The molecule has 1 aromatic heterocycles. The molecular formula is C44H81N3O15P2. The summed E-state index contributed by atoms with van der Waals surface area (Å²) in [5.74, 6) is 0.254. The van der Waals surface area contributed by atoms with Crippen LogP contribution >= 0.6 is 15.6 Å². The lowest BCUT2D eigenvalue weighted by Gasteiger charge is -2.21. The number of nitrogen functional groups attached to an aromatic ring is 1. The molecule has 18 nitrogen and oxygen atoms in total. The molecule has 64 heavy (non-hydrogen) atoms. The summed E-state index contributed by atoms with van der Waals surface area (Å²) in [5, 5.41) is 20.9. The minimum absolute atomic E-state index is 0.0545. The molecule has 4 unspecified atom stereocenters. The van der Waals surface area contributed by atoms with Gasteiger partial charge in [0.1, 0.15) is 30.7 Å². The Hall–Kier alpha value is -2.24. The second-order valence-corrected chi connectivity index (χ2v) is 20.7. The quantitative estimate of drug-likeness (QED) is 0.0235. The monoisotopic (exact) mass is 954 g/mol. The van der Waals surface area contributed by atoms with E-state index in [-0.39, 0.29) is 18.7 Å². The second kappa shape index (κ2) is 32.5. The van der Waals surface area contributed by atoms with Crippen LogP contribution in [-0.4, -0.2) is 85.7 Å². The van der Waals surface area contributed by atoms with Gasteiger partial charge in [-0.2, -0.15) is 9.29 Å². The van der Waals surface area contributed by atoms with Gasteiger partial charge < -0.3 is 39.9 Å². The van der Waals surface area contributed by atoms with Crippen LogP contribution in [0.25, 0.3) is 0 Å². The highest BCUT2D eigenvalue weighted by molar-refractivity contribution is 7.61. The highest BCUT2D eigenvalue weighted by Crippen LogP contribution is 2.60. The fourth-order valence-electron chi connectivity index (χ4n) is 7.30. The topological polar surface area (TPSA) is 265 Å². The molecule has 6 N–H and O–H groups in total. The molecule has 372 valence electrons. The SMILES string of the molecule is CCC(C)CCCCCCCCCCCCC(=O)OC[C@H](COP(=O)(O)OP(=O)(O)OC[C@H]1O[C@@H](n2ccc(N)nc2=O)C(O)[C@H]1O)OC(=O)CCCCCCCCCCCC(C)C. The van der Waals surface area contributed by atoms with E-state index in [0.29, 0.717) is 12.8 Å². The number of nitrogens with two attached hydrogens (primary N) is 1. The predicted octanol–water partition coefficient (Wildman–Crippen LogP) is 8.82. The number of carbonyl (C=O) groups excluding carboxylic acids is 2. The van der Waals surface area contributed by atoms with Crippen molar-refractivity contribution < 1.29 is 66.3 Å². The van der Waals surface area contributed by atoms with Crippen molar-refractivity contribution in [2.75, 3.05) is 25.6 Å². The molecule has 0 aliphatic carbocycles. The second-order valence-electron chi connectivity index (χ2n) is 17.7. The van der Waals surface area contributed by atoms with Gasteiger partial charge >= 0.3 is 33.3 Å². The summed E-state index contributed by atoms with van der Waals surface area (Å²) in [4.78, 5) is 61.7. The third-order valence-corrected chi connectivity index (χ3v) is 14.0. The molecule has 0 aromatic carbocycles. The Morgan fingerprint density at radius 1 is 0.750 bits per heavy atom. The Balaban J connectivity index is 1.82. The van der Waals surface area contributed by atoms with E-state index >= 15 is 0 Å². The molecule has 0 spiro atoms. The van der Waals surface area contributed by atoms with Gasteiger partial charge in [-0.15, -0.1) is 0 Å². The molecule has 2 rings (SSSR count). The summed E-state index contributed by atoms with van der Waals surface area (Å²) in [6, 6.07) is 1.25. The summed E-state index contributed by atoms with van der Waals surface area (Å²) >= 11 is 0. The number of aromatic nitrogens is 2. The third-order valence-electron chi connectivity index (χ3n) is 11.4. The number of aliphatic hydroxyl groups excluding tert-OH is 2. The average Bonchev–Trinajstić information content (AvgIpc) is 3.51. The van der Waals surface area contributed by atoms with Crippen LogP contribution in [0.1, 0.15) is 188 Å². The van der Waals surface area contributed by atoms with Gasteiger partial charge in [0.15, 0.2) is 12.3 Å². The number of anilines is 1. The summed E-state index contributed by atoms with van der Waals surface area (Å²) in [6.07, 6.45) is 17.9. The number of phosphoric acid groups is 2. The molecule has 1 fully saturated rings. The van der Waals surface area contributed by atoms with Crippen LogP contribution in [0.2, 0.25) is 0 Å². The number of aliphatic hydroxyl groups is 2. The zero-order valence-electron chi connectivity index (χ0n) is 38.9. The van der Waals surface area contributed by atoms with Crippen molar-refractivity contribution in [3.63, 3.8) is 0 Å². The molecule has 20 heteroatoms. The Labute approximate surface area is 380 Å². The van der Waals surface area contributed by atoms with Crippen LogP contribution in [0.5, 0.6) is 0 Å². The summed E-state index contributed by atoms with van der Waals surface area (Å²) in [7, 11) is -10.8. The summed E-state index contributed by atoms with van der Waals surface area (Å²) in [6.45, 7) is 6.74. The first kappa shape index (κ1) is 57.9. The van der Waals surface area contributed by atoms with E-state index in [1.54, 1.807) is 0 Å². The Kier molecular flexibility index (Phi) is 29.4. The Morgan fingerprint density at radius 2 is 1.25 bits per heavy atom. The summed E-state index contributed by atoms with van der Waals surface area (Å²) in [5.41, 5.74) is 4.58. The van der Waals surface area contributed by atoms with Gasteiger partial charge in [-0.05, 0) is 30.7 Å². The van der Waals surface area contributed by atoms with Crippen LogP contribution in [0.15, 0.2) is 17.1 Å². The molecule has 1 saturated heterocycles. The largest absolute Gasteiger partial charge is 0.481 e. The van der Waals surface area contributed by atoms with Crippen LogP contribution < -0.4 is 11.4 Å². The van der Waals surface area contributed by atoms with Gasteiger partial charge in [0, 0.05) is 19.0 Å². The number of unbranched alkanes of at least 4 members (excludes halogenated alkanes) is 17. The summed E-state index contributed by atoms with van der Waals surface area (Å²) < 4.78 is 56.7. The molecule has 2 heterocycles. The fraction of sp³-hybridized carbons (Fsp3) is 0.864. The Bertz CT molecular complexity index is 1600. The molecule has 0 bridgehead atoms. The highest BCUT2D eigenvalue weighted by Gasteiger charge is 2.46. The van der Waals surface area contributed by atoms with Gasteiger partial charge in [-0.3, -0.25) is 23.2 Å². The van der Waals surface area contributed by atoms with Crippen molar-refractivity contribution in [1.82, 2.24) is 9.55 Å². The van der Waals surface area contributed by atoms with Crippen molar-refractivity contribution in [3.05, 3.63) is 22.7 Å². The lowest BCUT2D eigenvalue weighted by Crippen LogP contribution is -2.36. The van der Waals surface area contributed by atoms with Crippen LogP contribution in [0, 0.1) is 11.8 Å². The molecule has 0 saturated carbocycles. The van der Waals surface area contributed by atoms with E-state index in [1.807, 2.05) is 0 Å². The predicted molar refractivity (Wildman–Crippen MR) is 243 cm³/mol. The molecule has 1 aliphatic rings. The molecule has 1 aliphatic heterocycles. The zero-order chi connectivity index (χ0) is 47.4. The van der Waals surface area contributed by atoms with E-state index in [4.69, 9.17) is 29.0 Å². The maximum Gasteiger partial charge on any atom is 0.481 e. The lowest BCUT2D eigenvalue weighted by molar-refractivity contribution is -0.161. The number of rotatable bonds is 38. The van der Waals surface area contributed by atoms with Crippen LogP contribution in [0.4, 0.5) is 5.82 Å². The molecule has 0 radical (unpaired) electrons. The van der Waals surface area contributed by atoms with E-state index in [1.165, 1.54) is 89.3 Å². The number of esters is 2. The van der Waals surface area contributed by atoms with E-state index in [0.717, 1.165) is 67.8 Å². The number of ether oxygens (including phenoxy) is 3. The number of nitrogens with zero attached hydrogens (tertiary/aromatic N) is 2. The standard InChI is InChI=1S/C44H81N3O15P2/c1-5-35(4)26-22-18-14-10-6-7-11-15-19-23-27-39(48)57-31-36(60-40(49)28-24-20-16-12-8-9-13-17-21-25-34(2)3)32-58-63(53,54)62-64(55,56)59-33-37-41(50)42(51)43(61-37)47-30-29-38(45)46-44(47)52/h29-30,34-37,41-43,50-51H,5-28,31-33H2,1-4H3,(H,53,54)(H,55,56)(H2,45,46,52)/t35?,36-,37-,41+,42?,43-/m1/s1. The van der Waals surface area contributed by atoms with Gasteiger partial charge in [0.25, 0.3) is 0 Å². The smallest absolute Gasteiger partial charge is 0.462 e. The minimum Gasteiger partial charge on any atom is -0.462 e. The fourth-order valence-corrected chi connectivity index (χ4v) is 9.41. The minimum atomic E-state index is -5.41. The molecular weight excluding hydrogens is 872 g/mol. The van der Waals surface area contributed by atoms with Crippen molar-refractivity contribution in [3.8, 4) is 0 Å². The molecule has 8 atom stereocenters. The van der Waals surface area contributed by atoms with Crippen LogP contribution in [-0.2, 0) is 46.3 Å². The van der Waals surface area contributed by atoms with Crippen molar-refractivity contribution >= 4 is 33.4 Å². The highest BCUT2D eigenvalue weighted by atomic mass is 31.3. The van der Waals surface area contributed by atoms with E-state index < -0.39 is 83.7 Å². The first-order chi connectivity index (χ1) is 30.4.